The number of rotatable bonds is 4. The number of halogens is 3. The van der Waals surface area contributed by atoms with Crippen LogP contribution in [0.2, 0.25) is 5.02 Å². The number of hydrogen-bond acceptors (Lipinski definition) is 5. The molecule has 0 fully saturated rings. The van der Waals surface area contributed by atoms with Crippen molar-refractivity contribution in [1.82, 2.24) is 10.2 Å². The molecule has 0 bridgehead atoms. The second-order valence-electron chi connectivity index (χ2n) is 6.72. The first-order valence-electron chi connectivity index (χ1n) is 8.87. The maximum atomic E-state index is 9.71. The summed E-state index contributed by atoms with van der Waals surface area (Å²) in [6.07, 6.45) is 0. The number of nitrogens with zero attached hydrogens (tertiary/aromatic N) is 2. The molecule has 2 heterocycles. The van der Waals surface area contributed by atoms with Crippen LogP contribution < -0.4 is 15.2 Å². The number of nitrogens with one attached hydrogen (secondary N) is 1. The van der Waals surface area contributed by atoms with E-state index in [4.69, 9.17) is 26.8 Å². The Morgan fingerprint density at radius 2 is 1.93 bits per heavy atom. The summed E-state index contributed by atoms with van der Waals surface area (Å²) >= 11 is 13.1. The molecule has 3 aromatic rings. The molecule has 6 nitrogen and oxygen atoms in total. The van der Waals surface area contributed by atoms with Crippen molar-refractivity contribution in [3.05, 3.63) is 84.2 Å². The van der Waals surface area contributed by atoms with Gasteiger partial charge in [0.05, 0.1) is 14.9 Å². The van der Waals surface area contributed by atoms with E-state index in [1.165, 1.54) is 0 Å². The van der Waals surface area contributed by atoms with E-state index in [0.29, 0.717) is 28.8 Å². The zero-order valence-corrected chi connectivity index (χ0v) is 19.6. The van der Waals surface area contributed by atoms with Crippen LogP contribution in [-0.2, 0) is 6.61 Å². The summed E-state index contributed by atoms with van der Waals surface area (Å²) < 4.78 is 13.0. The van der Waals surface area contributed by atoms with E-state index in [9.17, 15) is 5.26 Å². The quantitative estimate of drug-likeness (QED) is 0.435. The Morgan fingerprint density at radius 3 is 2.57 bits per heavy atom. The van der Waals surface area contributed by atoms with Gasteiger partial charge in [-0.25, -0.2) is 0 Å². The Bertz CT molecular complexity index is 1180. The molecule has 0 saturated heterocycles. The fourth-order valence-corrected chi connectivity index (χ4v) is 4.93. The van der Waals surface area contributed by atoms with Gasteiger partial charge in [0.1, 0.15) is 24.0 Å². The van der Waals surface area contributed by atoms with Crippen LogP contribution in [0.1, 0.15) is 28.3 Å². The van der Waals surface area contributed by atoms with Gasteiger partial charge in [0.2, 0.25) is 11.8 Å². The second-order valence-corrected chi connectivity index (χ2v) is 8.87. The number of hydrogen-bond donors (Lipinski definition) is 2. The number of aromatic nitrogens is 2. The number of ether oxygens (including phenoxy) is 2. The fraction of sp³-hybridized carbons (Fsp3) is 0.143. The summed E-state index contributed by atoms with van der Waals surface area (Å²) in [5, 5.41) is 17.4. The van der Waals surface area contributed by atoms with Gasteiger partial charge in [0.25, 0.3) is 0 Å². The number of aromatic amines is 1. The van der Waals surface area contributed by atoms with Crippen molar-refractivity contribution < 1.29 is 9.47 Å². The number of nitriles is 1. The predicted molar refractivity (Wildman–Crippen MR) is 120 cm³/mol. The first-order valence-corrected chi connectivity index (χ1v) is 10.8. The van der Waals surface area contributed by atoms with Gasteiger partial charge in [-0.05, 0) is 74.2 Å². The van der Waals surface area contributed by atoms with E-state index in [-0.39, 0.29) is 5.88 Å². The minimum atomic E-state index is -0.407. The summed E-state index contributed by atoms with van der Waals surface area (Å²) in [5.74, 6) is 0.678. The van der Waals surface area contributed by atoms with Gasteiger partial charge >= 0.3 is 0 Å². The fourth-order valence-electron chi connectivity index (χ4n) is 3.35. The highest BCUT2D eigenvalue weighted by atomic mass is 79.9. The Morgan fingerprint density at radius 1 is 1.27 bits per heavy atom. The molecule has 1 aliphatic rings. The van der Waals surface area contributed by atoms with Crippen molar-refractivity contribution >= 4 is 43.5 Å². The molecule has 9 heteroatoms. The molecule has 1 atom stereocenters. The van der Waals surface area contributed by atoms with Crippen molar-refractivity contribution in [3.63, 3.8) is 0 Å². The monoisotopic (exact) mass is 548 g/mol. The van der Waals surface area contributed by atoms with Crippen LogP contribution in [0.15, 0.2) is 56.8 Å². The lowest BCUT2D eigenvalue weighted by molar-refractivity contribution is 0.302. The molecule has 3 N–H and O–H groups in total. The highest BCUT2D eigenvalue weighted by Gasteiger charge is 2.34. The lowest BCUT2D eigenvalue weighted by atomic mass is 9.84. The first-order chi connectivity index (χ1) is 14.4. The van der Waals surface area contributed by atoms with Crippen LogP contribution in [0.4, 0.5) is 0 Å². The maximum Gasteiger partial charge on any atom is 0.244 e. The molecular formula is C21H15Br2ClN4O2. The number of aryl methyl sites for hydroxylation is 1. The highest BCUT2D eigenvalue weighted by molar-refractivity contribution is 9.11. The third-order valence-electron chi connectivity index (χ3n) is 4.78. The number of allylic oxidation sites excluding steroid dienone is 1. The summed E-state index contributed by atoms with van der Waals surface area (Å²) in [7, 11) is 0. The summed E-state index contributed by atoms with van der Waals surface area (Å²) in [6.45, 7) is 2.26. The Kier molecular flexibility index (Phi) is 5.78. The van der Waals surface area contributed by atoms with Crippen molar-refractivity contribution in [1.29, 1.82) is 5.26 Å². The lowest BCUT2D eigenvalue weighted by Gasteiger charge is -2.24. The van der Waals surface area contributed by atoms with E-state index in [0.717, 1.165) is 31.3 Å². The minimum absolute atomic E-state index is 0.0526. The topological polar surface area (TPSA) is 97.0 Å². The Hall–Kier alpha value is -2.47. The van der Waals surface area contributed by atoms with Crippen LogP contribution in [0.25, 0.3) is 0 Å². The zero-order chi connectivity index (χ0) is 21.4. The second kappa shape index (κ2) is 8.34. The zero-order valence-electron chi connectivity index (χ0n) is 15.7. The molecular weight excluding hydrogens is 536 g/mol. The van der Waals surface area contributed by atoms with Crippen molar-refractivity contribution in [2.45, 2.75) is 19.4 Å². The lowest BCUT2D eigenvalue weighted by Crippen LogP contribution is -2.21. The molecule has 0 radical (unpaired) electrons. The number of benzene rings is 2. The minimum Gasteiger partial charge on any atom is -0.487 e. The molecule has 0 spiro atoms. The summed E-state index contributed by atoms with van der Waals surface area (Å²) in [4.78, 5) is 0. The van der Waals surface area contributed by atoms with Crippen LogP contribution in [0, 0.1) is 18.3 Å². The van der Waals surface area contributed by atoms with Gasteiger partial charge < -0.3 is 15.2 Å². The highest BCUT2D eigenvalue weighted by Crippen LogP contribution is 2.46. The third-order valence-corrected chi connectivity index (χ3v) is 6.21. The number of nitrogens with two attached hydrogens (primary N) is 1. The smallest absolute Gasteiger partial charge is 0.244 e. The number of fused-ring (bicyclic) bond motifs is 1. The van der Waals surface area contributed by atoms with Crippen molar-refractivity contribution in [3.8, 4) is 17.7 Å². The standard InChI is InChI=1S/C21H15Br2ClN4O2/c1-10-17-18(14(8-25)20(26)30-21(17)28-27-10)12-6-15(22)19(16(23)7-12)29-9-11-2-4-13(24)5-3-11/h2-7,18H,9,26H2,1H3,(H,27,28)/t18-/m1/s1. The SMILES string of the molecule is Cc1[nH]nc2c1[C@H](c1cc(Br)c(OCc3ccc(Cl)cc3)c(Br)c1)C(C#N)=C(N)O2. The molecule has 0 aliphatic carbocycles. The van der Waals surface area contributed by atoms with Crippen LogP contribution >= 0.6 is 43.5 Å². The van der Waals surface area contributed by atoms with Gasteiger partial charge in [-0.1, -0.05) is 23.7 Å². The molecule has 0 unspecified atom stereocenters. The Labute approximate surface area is 194 Å². The maximum absolute atomic E-state index is 9.71. The molecule has 152 valence electrons. The van der Waals surface area contributed by atoms with Gasteiger partial charge in [-0.15, -0.1) is 5.10 Å². The molecule has 1 aromatic heterocycles. The molecule has 30 heavy (non-hydrogen) atoms. The first kappa shape index (κ1) is 20.8. The molecule has 1 aliphatic heterocycles. The average Bonchev–Trinajstić information content (AvgIpc) is 3.07. The predicted octanol–water partition coefficient (Wildman–Crippen LogP) is 5.69. The Balaban J connectivity index is 1.70. The summed E-state index contributed by atoms with van der Waals surface area (Å²) in [6, 6.07) is 13.5. The number of H-pyrrole nitrogens is 1. The third kappa shape index (κ3) is 3.81. The van der Waals surface area contributed by atoms with E-state index < -0.39 is 5.92 Å². The van der Waals surface area contributed by atoms with Crippen LogP contribution in [0.3, 0.4) is 0 Å². The molecule has 0 saturated carbocycles. The van der Waals surface area contributed by atoms with Gasteiger partial charge in [-0.3, -0.25) is 5.10 Å². The normalized spacial score (nSPS) is 15.4. The van der Waals surface area contributed by atoms with E-state index in [2.05, 4.69) is 48.1 Å². The van der Waals surface area contributed by atoms with Gasteiger partial charge in [0.15, 0.2) is 0 Å². The van der Waals surface area contributed by atoms with E-state index in [1.54, 1.807) is 0 Å². The van der Waals surface area contributed by atoms with Crippen LogP contribution in [-0.4, -0.2) is 10.2 Å². The van der Waals surface area contributed by atoms with Gasteiger partial charge in [0, 0.05) is 16.3 Å². The van der Waals surface area contributed by atoms with E-state index >= 15 is 0 Å². The summed E-state index contributed by atoms with van der Waals surface area (Å²) in [5.41, 5.74) is 9.77. The largest absolute Gasteiger partial charge is 0.487 e. The van der Waals surface area contributed by atoms with Crippen molar-refractivity contribution in [2.24, 2.45) is 5.73 Å². The molecule has 4 rings (SSSR count). The van der Waals surface area contributed by atoms with Crippen molar-refractivity contribution in [2.75, 3.05) is 0 Å². The molecule has 2 aromatic carbocycles. The van der Waals surface area contributed by atoms with Crippen LogP contribution in [0.5, 0.6) is 11.6 Å². The molecule has 0 amide bonds. The van der Waals surface area contributed by atoms with E-state index in [1.807, 2.05) is 43.3 Å². The van der Waals surface area contributed by atoms with Gasteiger partial charge in [-0.2, -0.15) is 5.26 Å². The average molecular weight is 551 g/mol.